The largest absolute Gasteiger partial charge is 0.469 e. The lowest BCUT2D eigenvalue weighted by molar-refractivity contribution is 0.529. The fourth-order valence-electron chi connectivity index (χ4n) is 1.99. The lowest BCUT2D eigenvalue weighted by Gasteiger charge is -2.22. The van der Waals surface area contributed by atoms with Gasteiger partial charge in [0, 0.05) is 37.0 Å². The van der Waals surface area contributed by atoms with E-state index in [9.17, 15) is 0 Å². The smallest absolute Gasteiger partial charge is 0.133 e. The van der Waals surface area contributed by atoms with Crippen molar-refractivity contribution in [1.82, 2.24) is 4.98 Å². The molecule has 0 aliphatic rings. The molecule has 0 bridgehead atoms. The molecule has 0 aliphatic carbocycles. The van der Waals surface area contributed by atoms with E-state index in [0.717, 1.165) is 23.7 Å². The van der Waals surface area contributed by atoms with Gasteiger partial charge in [-0.2, -0.15) is 0 Å². The predicted molar refractivity (Wildman–Crippen MR) is 72.4 cm³/mol. The molecule has 0 saturated heterocycles. The number of nitrogens with two attached hydrogens (primary N) is 1. The second-order valence-electron chi connectivity index (χ2n) is 4.56. The third kappa shape index (κ3) is 2.54. The standard InChI is InChI=1S/C14H19N3O/c1-10(15)13-5-4-7-16-14(13)17(3)9-12-6-8-18-11(12)2/h4-8,10H,9,15H2,1-3H3. The molecule has 4 nitrogen and oxygen atoms in total. The van der Waals surface area contributed by atoms with Gasteiger partial charge in [0.05, 0.1) is 6.26 Å². The maximum Gasteiger partial charge on any atom is 0.133 e. The highest BCUT2D eigenvalue weighted by Crippen LogP contribution is 2.23. The van der Waals surface area contributed by atoms with Crippen molar-refractivity contribution >= 4 is 5.82 Å². The lowest BCUT2D eigenvalue weighted by Crippen LogP contribution is -2.21. The summed E-state index contributed by atoms with van der Waals surface area (Å²) in [6.45, 7) is 4.70. The second-order valence-corrected chi connectivity index (χ2v) is 4.56. The van der Waals surface area contributed by atoms with Gasteiger partial charge in [-0.15, -0.1) is 0 Å². The van der Waals surface area contributed by atoms with E-state index in [2.05, 4.69) is 9.88 Å². The molecule has 2 aromatic rings. The Hall–Kier alpha value is -1.81. The highest BCUT2D eigenvalue weighted by molar-refractivity contribution is 5.48. The first-order valence-electron chi connectivity index (χ1n) is 6.04. The summed E-state index contributed by atoms with van der Waals surface area (Å²) in [4.78, 5) is 6.52. The molecule has 4 heteroatoms. The Morgan fingerprint density at radius 1 is 1.44 bits per heavy atom. The van der Waals surface area contributed by atoms with Crippen molar-refractivity contribution in [3.63, 3.8) is 0 Å². The zero-order valence-electron chi connectivity index (χ0n) is 11.1. The molecule has 0 amide bonds. The van der Waals surface area contributed by atoms with Crippen molar-refractivity contribution in [3.8, 4) is 0 Å². The van der Waals surface area contributed by atoms with Crippen LogP contribution in [0.4, 0.5) is 5.82 Å². The molecule has 96 valence electrons. The SMILES string of the molecule is Cc1occc1CN(C)c1ncccc1C(C)N. The summed E-state index contributed by atoms with van der Waals surface area (Å²) in [6.07, 6.45) is 3.50. The number of hydrogen-bond acceptors (Lipinski definition) is 4. The van der Waals surface area contributed by atoms with Crippen LogP contribution < -0.4 is 10.6 Å². The first-order valence-corrected chi connectivity index (χ1v) is 6.04. The van der Waals surface area contributed by atoms with E-state index in [4.69, 9.17) is 10.2 Å². The maximum atomic E-state index is 5.97. The molecule has 2 heterocycles. The molecule has 0 aliphatic heterocycles. The van der Waals surface area contributed by atoms with Gasteiger partial charge in [-0.05, 0) is 26.0 Å². The highest BCUT2D eigenvalue weighted by Gasteiger charge is 2.13. The zero-order valence-corrected chi connectivity index (χ0v) is 11.1. The second kappa shape index (κ2) is 5.23. The number of rotatable bonds is 4. The summed E-state index contributed by atoms with van der Waals surface area (Å²) >= 11 is 0. The molecule has 0 spiro atoms. The summed E-state index contributed by atoms with van der Waals surface area (Å²) in [5, 5.41) is 0. The Bertz CT molecular complexity index is 519. The van der Waals surface area contributed by atoms with Crippen LogP contribution in [0, 0.1) is 6.92 Å². The van der Waals surface area contributed by atoms with Crippen LogP contribution in [0.15, 0.2) is 35.1 Å². The summed E-state index contributed by atoms with van der Waals surface area (Å²) in [5.41, 5.74) is 8.19. The molecule has 1 atom stereocenters. The number of anilines is 1. The average Bonchev–Trinajstić information content (AvgIpc) is 2.75. The lowest BCUT2D eigenvalue weighted by atomic mass is 10.1. The Labute approximate surface area is 107 Å². The molecule has 2 N–H and O–H groups in total. The van der Waals surface area contributed by atoms with Gasteiger partial charge in [-0.1, -0.05) is 6.07 Å². The first-order chi connectivity index (χ1) is 8.59. The monoisotopic (exact) mass is 245 g/mol. The van der Waals surface area contributed by atoms with Crippen molar-refractivity contribution in [2.45, 2.75) is 26.4 Å². The Balaban J connectivity index is 2.24. The Morgan fingerprint density at radius 2 is 2.22 bits per heavy atom. The van der Waals surface area contributed by atoms with Gasteiger partial charge >= 0.3 is 0 Å². The minimum Gasteiger partial charge on any atom is -0.469 e. The molecule has 0 fully saturated rings. The van der Waals surface area contributed by atoms with Gasteiger partial charge < -0.3 is 15.1 Å². The van der Waals surface area contributed by atoms with Gasteiger partial charge in [-0.25, -0.2) is 4.98 Å². The van der Waals surface area contributed by atoms with Gasteiger partial charge in [0.2, 0.25) is 0 Å². The normalized spacial score (nSPS) is 12.4. The van der Waals surface area contributed by atoms with E-state index in [1.54, 1.807) is 12.5 Å². The Kier molecular flexibility index (Phi) is 3.67. The minimum absolute atomic E-state index is 0.0263. The molecule has 0 radical (unpaired) electrons. The molecule has 18 heavy (non-hydrogen) atoms. The summed E-state index contributed by atoms with van der Waals surface area (Å²) in [6, 6.07) is 5.90. The molecule has 0 saturated carbocycles. The topological polar surface area (TPSA) is 55.3 Å². The van der Waals surface area contributed by atoms with Crippen molar-refractivity contribution in [3.05, 3.63) is 47.5 Å². The van der Waals surface area contributed by atoms with Gasteiger partial charge in [0.1, 0.15) is 11.6 Å². The fourth-order valence-corrected chi connectivity index (χ4v) is 1.99. The van der Waals surface area contributed by atoms with Crippen LogP contribution in [-0.4, -0.2) is 12.0 Å². The summed E-state index contributed by atoms with van der Waals surface area (Å²) in [5.74, 6) is 1.87. The van der Waals surface area contributed by atoms with E-state index in [0.29, 0.717) is 0 Å². The summed E-state index contributed by atoms with van der Waals surface area (Å²) in [7, 11) is 2.01. The van der Waals surface area contributed by atoms with Crippen LogP contribution in [0.1, 0.15) is 29.9 Å². The third-order valence-electron chi connectivity index (χ3n) is 3.04. The predicted octanol–water partition coefficient (Wildman–Crippen LogP) is 2.64. The molecular weight excluding hydrogens is 226 g/mol. The van der Waals surface area contributed by atoms with E-state index in [1.165, 1.54) is 5.56 Å². The number of aromatic nitrogens is 1. The van der Waals surface area contributed by atoms with E-state index in [-0.39, 0.29) is 6.04 Å². The van der Waals surface area contributed by atoms with Crippen molar-refractivity contribution < 1.29 is 4.42 Å². The molecule has 0 aromatic carbocycles. The van der Waals surface area contributed by atoms with Crippen LogP contribution in [-0.2, 0) is 6.54 Å². The highest BCUT2D eigenvalue weighted by atomic mass is 16.3. The van der Waals surface area contributed by atoms with Crippen LogP contribution in [0.2, 0.25) is 0 Å². The molecule has 2 aromatic heterocycles. The molecule has 2 rings (SSSR count). The maximum absolute atomic E-state index is 5.97. The number of aryl methyl sites for hydroxylation is 1. The van der Waals surface area contributed by atoms with E-state index in [1.807, 2.05) is 39.1 Å². The van der Waals surface area contributed by atoms with Crippen LogP contribution in [0.25, 0.3) is 0 Å². The van der Waals surface area contributed by atoms with Gasteiger partial charge in [0.25, 0.3) is 0 Å². The van der Waals surface area contributed by atoms with Crippen molar-refractivity contribution in [2.75, 3.05) is 11.9 Å². The average molecular weight is 245 g/mol. The molecular formula is C14H19N3O. The fraction of sp³-hybridized carbons (Fsp3) is 0.357. The summed E-state index contributed by atoms with van der Waals surface area (Å²) < 4.78 is 5.31. The first kappa shape index (κ1) is 12.6. The van der Waals surface area contributed by atoms with Gasteiger partial charge in [0.15, 0.2) is 0 Å². The van der Waals surface area contributed by atoms with Crippen molar-refractivity contribution in [1.29, 1.82) is 0 Å². The van der Waals surface area contributed by atoms with Crippen LogP contribution >= 0.6 is 0 Å². The number of furan rings is 1. The zero-order chi connectivity index (χ0) is 13.1. The molecule has 1 unspecified atom stereocenters. The number of hydrogen-bond donors (Lipinski definition) is 1. The minimum atomic E-state index is -0.0263. The number of pyridine rings is 1. The number of nitrogens with zero attached hydrogens (tertiary/aromatic N) is 2. The van der Waals surface area contributed by atoms with E-state index < -0.39 is 0 Å². The van der Waals surface area contributed by atoms with Gasteiger partial charge in [-0.3, -0.25) is 0 Å². The third-order valence-corrected chi connectivity index (χ3v) is 3.04. The van der Waals surface area contributed by atoms with Crippen LogP contribution in [0.5, 0.6) is 0 Å². The van der Waals surface area contributed by atoms with Crippen molar-refractivity contribution in [2.24, 2.45) is 5.73 Å². The Morgan fingerprint density at radius 3 is 2.83 bits per heavy atom. The quantitative estimate of drug-likeness (QED) is 0.899. The van der Waals surface area contributed by atoms with Crippen LogP contribution in [0.3, 0.4) is 0 Å². The van der Waals surface area contributed by atoms with E-state index >= 15 is 0 Å².